The van der Waals surface area contributed by atoms with Crippen LogP contribution in [0.5, 0.6) is 0 Å². The SMILES string of the molecule is CCC1CCCCC1n1cc(CN)cn1. The molecular weight excluding hydrogens is 186 g/mol. The first-order valence-electron chi connectivity index (χ1n) is 6.08. The van der Waals surface area contributed by atoms with E-state index in [1.54, 1.807) is 0 Å². The molecule has 84 valence electrons. The van der Waals surface area contributed by atoms with Crippen LogP contribution in [0.2, 0.25) is 0 Å². The van der Waals surface area contributed by atoms with Gasteiger partial charge in [0.2, 0.25) is 0 Å². The minimum atomic E-state index is 0.601. The summed E-state index contributed by atoms with van der Waals surface area (Å²) in [6.45, 7) is 2.89. The molecule has 0 aliphatic heterocycles. The van der Waals surface area contributed by atoms with E-state index in [0.29, 0.717) is 12.6 Å². The largest absolute Gasteiger partial charge is 0.326 e. The summed E-state index contributed by atoms with van der Waals surface area (Å²) in [5, 5.41) is 4.45. The van der Waals surface area contributed by atoms with Crippen LogP contribution in [0.3, 0.4) is 0 Å². The van der Waals surface area contributed by atoms with Crippen molar-refractivity contribution >= 4 is 0 Å². The Bertz CT molecular complexity index is 306. The zero-order valence-electron chi connectivity index (χ0n) is 9.52. The average Bonchev–Trinajstić information content (AvgIpc) is 2.77. The van der Waals surface area contributed by atoms with Crippen LogP contribution in [0.1, 0.15) is 50.6 Å². The molecule has 1 aliphatic rings. The minimum Gasteiger partial charge on any atom is -0.326 e. The smallest absolute Gasteiger partial charge is 0.0547 e. The second-order valence-corrected chi connectivity index (χ2v) is 4.55. The van der Waals surface area contributed by atoms with Gasteiger partial charge in [-0.2, -0.15) is 5.10 Å². The Morgan fingerprint density at radius 1 is 1.47 bits per heavy atom. The number of nitrogens with zero attached hydrogens (tertiary/aromatic N) is 2. The van der Waals surface area contributed by atoms with E-state index >= 15 is 0 Å². The zero-order chi connectivity index (χ0) is 10.7. The Kier molecular flexibility index (Phi) is 3.41. The van der Waals surface area contributed by atoms with Gasteiger partial charge in [0.25, 0.3) is 0 Å². The number of aromatic nitrogens is 2. The van der Waals surface area contributed by atoms with Gasteiger partial charge in [0.15, 0.2) is 0 Å². The van der Waals surface area contributed by atoms with Gasteiger partial charge in [0.1, 0.15) is 0 Å². The van der Waals surface area contributed by atoms with E-state index in [9.17, 15) is 0 Å². The van der Waals surface area contributed by atoms with Crippen LogP contribution in [0.15, 0.2) is 12.4 Å². The van der Waals surface area contributed by atoms with Crippen LogP contribution in [-0.4, -0.2) is 9.78 Å². The molecule has 0 amide bonds. The first-order valence-corrected chi connectivity index (χ1v) is 6.08. The molecule has 1 fully saturated rings. The number of rotatable bonds is 3. The van der Waals surface area contributed by atoms with Crippen molar-refractivity contribution in [2.75, 3.05) is 0 Å². The molecule has 0 radical (unpaired) electrons. The van der Waals surface area contributed by atoms with Crippen LogP contribution < -0.4 is 5.73 Å². The molecule has 2 atom stereocenters. The van der Waals surface area contributed by atoms with Crippen LogP contribution in [0.25, 0.3) is 0 Å². The maximum Gasteiger partial charge on any atom is 0.0547 e. The first kappa shape index (κ1) is 10.7. The molecule has 1 heterocycles. The summed E-state index contributed by atoms with van der Waals surface area (Å²) in [6.07, 6.45) is 10.7. The molecule has 2 unspecified atom stereocenters. The molecular formula is C12H21N3. The lowest BCUT2D eigenvalue weighted by Crippen LogP contribution is -2.23. The summed E-state index contributed by atoms with van der Waals surface area (Å²) in [5.41, 5.74) is 6.76. The molecule has 0 aromatic carbocycles. The topological polar surface area (TPSA) is 43.8 Å². The lowest BCUT2D eigenvalue weighted by molar-refractivity contribution is 0.217. The molecule has 3 nitrogen and oxygen atoms in total. The number of nitrogens with two attached hydrogens (primary N) is 1. The molecule has 1 saturated carbocycles. The Hall–Kier alpha value is -0.830. The highest BCUT2D eigenvalue weighted by atomic mass is 15.3. The van der Waals surface area contributed by atoms with Gasteiger partial charge < -0.3 is 5.73 Å². The van der Waals surface area contributed by atoms with Gasteiger partial charge >= 0.3 is 0 Å². The maximum absolute atomic E-state index is 5.61. The van der Waals surface area contributed by atoms with E-state index in [2.05, 4.69) is 22.9 Å². The third kappa shape index (κ3) is 2.23. The van der Waals surface area contributed by atoms with Gasteiger partial charge in [-0.3, -0.25) is 4.68 Å². The van der Waals surface area contributed by atoms with Crippen molar-refractivity contribution in [1.29, 1.82) is 0 Å². The van der Waals surface area contributed by atoms with Crippen LogP contribution >= 0.6 is 0 Å². The molecule has 15 heavy (non-hydrogen) atoms. The first-order chi connectivity index (χ1) is 7.35. The van der Waals surface area contributed by atoms with Crippen LogP contribution in [0, 0.1) is 5.92 Å². The van der Waals surface area contributed by atoms with Crippen molar-refractivity contribution in [2.24, 2.45) is 11.7 Å². The van der Waals surface area contributed by atoms with Crippen molar-refractivity contribution < 1.29 is 0 Å². The molecule has 1 aliphatic carbocycles. The van der Waals surface area contributed by atoms with Gasteiger partial charge in [0, 0.05) is 18.3 Å². The molecule has 0 saturated heterocycles. The second kappa shape index (κ2) is 4.79. The fourth-order valence-corrected chi connectivity index (χ4v) is 2.68. The average molecular weight is 207 g/mol. The molecule has 1 aromatic heterocycles. The standard InChI is InChI=1S/C12H21N3/c1-2-11-5-3-4-6-12(11)15-9-10(7-13)8-14-15/h8-9,11-12H,2-7,13H2,1H3. The maximum atomic E-state index is 5.61. The lowest BCUT2D eigenvalue weighted by Gasteiger charge is -2.30. The Balaban J connectivity index is 2.12. The lowest BCUT2D eigenvalue weighted by atomic mass is 9.83. The monoisotopic (exact) mass is 207 g/mol. The summed E-state index contributed by atoms with van der Waals surface area (Å²) in [4.78, 5) is 0. The van der Waals surface area contributed by atoms with Crippen molar-refractivity contribution in [3.63, 3.8) is 0 Å². The number of hydrogen-bond acceptors (Lipinski definition) is 2. The zero-order valence-corrected chi connectivity index (χ0v) is 9.52. The van der Waals surface area contributed by atoms with Gasteiger partial charge in [-0.1, -0.05) is 26.2 Å². The van der Waals surface area contributed by atoms with Gasteiger partial charge in [-0.15, -0.1) is 0 Å². The number of hydrogen-bond donors (Lipinski definition) is 1. The summed E-state index contributed by atoms with van der Waals surface area (Å²) in [7, 11) is 0. The predicted octanol–water partition coefficient (Wildman–Crippen LogP) is 2.48. The Labute approximate surface area is 91.7 Å². The molecule has 2 rings (SSSR count). The summed E-state index contributed by atoms with van der Waals surface area (Å²) >= 11 is 0. The van der Waals surface area contributed by atoms with Crippen LogP contribution in [-0.2, 0) is 6.54 Å². The fraction of sp³-hybridized carbons (Fsp3) is 0.750. The second-order valence-electron chi connectivity index (χ2n) is 4.55. The van der Waals surface area contributed by atoms with Gasteiger partial charge in [-0.25, -0.2) is 0 Å². The van der Waals surface area contributed by atoms with Crippen molar-refractivity contribution in [1.82, 2.24) is 9.78 Å². The van der Waals surface area contributed by atoms with Crippen molar-refractivity contribution in [3.05, 3.63) is 18.0 Å². The molecule has 2 N–H and O–H groups in total. The van der Waals surface area contributed by atoms with E-state index in [4.69, 9.17) is 5.73 Å². The molecule has 0 spiro atoms. The Morgan fingerprint density at radius 3 is 2.93 bits per heavy atom. The molecule has 0 bridgehead atoms. The highest BCUT2D eigenvalue weighted by Crippen LogP contribution is 2.35. The summed E-state index contributed by atoms with van der Waals surface area (Å²) in [6, 6.07) is 0.615. The van der Waals surface area contributed by atoms with Crippen molar-refractivity contribution in [2.45, 2.75) is 51.6 Å². The normalized spacial score (nSPS) is 26.8. The third-order valence-electron chi connectivity index (χ3n) is 3.62. The highest BCUT2D eigenvalue weighted by molar-refractivity contribution is 5.04. The third-order valence-corrected chi connectivity index (χ3v) is 3.62. The van der Waals surface area contributed by atoms with E-state index in [-0.39, 0.29) is 0 Å². The highest BCUT2D eigenvalue weighted by Gasteiger charge is 2.25. The van der Waals surface area contributed by atoms with E-state index in [0.717, 1.165) is 11.5 Å². The minimum absolute atomic E-state index is 0.601. The van der Waals surface area contributed by atoms with Gasteiger partial charge in [0.05, 0.1) is 12.2 Å². The summed E-state index contributed by atoms with van der Waals surface area (Å²) in [5.74, 6) is 0.810. The van der Waals surface area contributed by atoms with Gasteiger partial charge in [-0.05, 0) is 18.8 Å². The summed E-state index contributed by atoms with van der Waals surface area (Å²) < 4.78 is 2.15. The molecule has 3 heteroatoms. The van der Waals surface area contributed by atoms with Crippen LogP contribution in [0.4, 0.5) is 0 Å². The molecule has 1 aromatic rings. The van der Waals surface area contributed by atoms with Crippen molar-refractivity contribution in [3.8, 4) is 0 Å². The quantitative estimate of drug-likeness (QED) is 0.827. The Morgan fingerprint density at radius 2 is 2.27 bits per heavy atom. The van der Waals surface area contributed by atoms with E-state index in [1.165, 1.54) is 32.1 Å². The fourth-order valence-electron chi connectivity index (χ4n) is 2.68. The predicted molar refractivity (Wildman–Crippen MR) is 61.4 cm³/mol. The van der Waals surface area contributed by atoms with E-state index < -0.39 is 0 Å². The van der Waals surface area contributed by atoms with E-state index in [1.807, 2.05) is 6.20 Å².